The van der Waals surface area contributed by atoms with Crippen LogP contribution in [0, 0.1) is 0 Å². The number of aromatic nitrogens is 2. The Kier molecular flexibility index (Phi) is 4.34. The summed E-state index contributed by atoms with van der Waals surface area (Å²) < 4.78 is 5.66. The van der Waals surface area contributed by atoms with Crippen LogP contribution < -0.4 is 21.7 Å². The topological polar surface area (TPSA) is 116 Å². The number of carbonyl (C=O) groups is 1. The Hall–Kier alpha value is -2.67. The van der Waals surface area contributed by atoms with E-state index in [-0.39, 0.29) is 17.4 Å². The van der Waals surface area contributed by atoms with Crippen molar-refractivity contribution >= 4 is 11.7 Å². The maximum Gasteiger partial charge on any atom is 0.252 e. The maximum absolute atomic E-state index is 11.4. The van der Waals surface area contributed by atoms with Gasteiger partial charge in [-0.2, -0.15) is 4.98 Å². The molecule has 0 saturated heterocycles. The van der Waals surface area contributed by atoms with Gasteiger partial charge in [-0.05, 0) is 12.1 Å². The summed E-state index contributed by atoms with van der Waals surface area (Å²) >= 11 is 0. The highest BCUT2D eigenvalue weighted by molar-refractivity contribution is 5.95. The lowest BCUT2D eigenvalue weighted by atomic mass is 10.2. The van der Waals surface area contributed by atoms with Gasteiger partial charge in [0.05, 0.1) is 5.56 Å². The van der Waals surface area contributed by atoms with Crippen molar-refractivity contribution in [1.29, 1.82) is 0 Å². The van der Waals surface area contributed by atoms with Gasteiger partial charge in [0.2, 0.25) is 5.88 Å². The van der Waals surface area contributed by atoms with E-state index < -0.39 is 5.91 Å². The molecule has 2 aromatic rings. The fourth-order valence-corrected chi connectivity index (χ4v) is 1.70. The lowest BCUT2D eigenvalue weighted by Crippen LogP contribution is -2.13. The van der Waals surface area contributed by atoms with Crippen molar-refractivity contribution in [2.24, 2.45) is 11.6 Å². The number of hydrogen-bond donors (Lipinski definition) is 3. The average molecular weight is 287 g/mol. The zero-order valence-corrected chi connectivity index (χ0v) is 11.8. The van der Waals surface area contributed by atoms with Crippen molar-refractivity contribution in [3.63, 3.8) is 0 Å². The van der Waals surface area contributed by atoms with Crippen LogP contribution in [0.15, 0.2) is 30.3 Å². The van der Waals surface area contributed by atoms with Crippen molar-refractivity contribution in [3.8, 4) is 11.6 Å². The summed E-state index contributed by atoms with van der Waals surface area (Å²) in [7, 11) is 0. The van der Waals surface area contributed by atoms with E-state index in [0.717, 1.165) is 0 Å². The van der Waals surface area contributed by atoms with E-state index in [9.17, 15) is 4.79 Å². The molecular formula is C14H17N5O2. The second-order valence-corrected chi connectivity index (χ2v) is 4.71. The molecule has 7 heteroatoms. The van der Waals surface area contributed by atoms with Crippen molar-refractivity contribution in [1.82, 2.24) is 9.97 Å². The minimum Gasteiger partial charge on any atom is -0.438 e. The Labute approximate surface area is 122 Å². The lowest BCUT2D eigenvalue weighted by Gasteiger charge is -2.12. The second kappa shape index (κ2) is 6.19. The van der Waals surface area contributed by atoms with Crippen LogP contribution in [0.2, 0.25) is 0 Å². The third kappa shape index (κ3) is 3.46. The normalized spacial score (nSPS) is 10.5. The van der Waals surface area contributed by atoms with Crippen LogP contribution in [0.3, 0.4) is 0 Å². The first-order chi connectivity index (χ1) is 10.0. The third-order valence-electron chi connectivity index (χ3n) is 2.75. The van der Waals surface area contributed by atoms with E-state index in [1.165, 1.54) is 0 Å². The standard InChI is InChI=1S/C14H17N5O2/c1-8(2)14-17-11(19-16)7-12(18-14)21-10-6-4-3-5-9(10)13(15)20/h3-8H,16H2,1-2H3,(H2,15,20)(H,17,18,19). The summed E-state index contributed by atoms with van der Waals surface area (Å²) in [5, 5.41) is 0. The Morgan fingerprint density at radius 3 is 2.62 bits per heavy atom. The number of nitrogen functional groups attached to an aromatic ring is 1. The first-order valence-electron chi connectivity index (χ1n) is 6.43. The molecule has 0 spiro atoms. The molecule has 0 bridgehead atoms. The van der Waals surface area contributed by atoms with Crippen molar-refractivity contribution in [2.75, 3.05) is 5.43 Å². The van der Waals surface area contributed by atoms with E-state index in [2.05, 4.69) is 15.4 Å². The highest BCUT2D eigenvalue weighted by Crippen LogP contribution is 2.26. The van der Waals surface area contributed by atoms with Gasteiger partial charge in [0, 0.05) is 12.0 Å². The van der Waals surface area contributed by atoms with E-state index in [1.54, 1.807) is 30.3 Å². The van der Waals surface area contributed by atoms with Gasteiger partial charge in [-0.3, -0.25) is 4.79 Å². The quantitative estimate of drug-likeness (QED) is 0.570. The molecular weight excluding hydrogens is 270 g/mol. The minimum absolute atomic E-state index is 0.104. The molecule has 1 aromatic heterocycles. The number of anilines is 1. The van der Waals surface area contributed by atoms with Gasteiger partial charge < -0.3 is 15.9 Å². The van der Waals surface area contributed by atoms with E-state index in [4.69, 9.17) is 16.3 Å². The Balaban J connectivity index is 2.40. The summed E-state index contributed by atoms with van der Waals surface area (Å²) in [4.78, 5) is 19.9. The van der Waals surface area contributed by atoms with Gasteiger partial charge in [0.25, 0.3) is 5.91 Å². The Bertz CT molecular complexity index is 658. The number of amides is 1. The number of rotatable bonds is 5. The summed E-state index contributed by atoms with van der Waals surface area (Å²) in [6, 6.07) is 8.23. The summed E-state index contributed by atoms with van der Waals surface area (Å²) in [5.74, 6) is 6.56. The van der Waals surface area contributed by atoms with Crippen LogP contribution >= 0.6 is 0 Å². The van der Waals surface area contributed by atoms with Crippen LogP contribution in [-0.4, -0.2) is 15.9 Å². The van der Waals surface area contributed by atoms with Gasteiger partial charge in [-0.25, -0.2) is 10.8 Å². The fourth-order valence-electron chi connectivity index (χ4n) is 1.70. The molecule has 0 unspecified atom stereocenters. The number of hydrogen-bond acceptors (Lipinski definition) is 6. The number of nitrogens with two attached hydrogens (primary N) is 2. The van der Waals surface area contributed by atoms with E-state index in [1.807, 2.05) is 13.8 Å². The predicted octanol–water partition coefficient (Wildman–Crippen LogP) is 1.78. The summed E-state index contributed by atoms with van der Waals surface area (Å²) in [6.07, 6.45) is 0. The van der Waals surface area contributed by atoms with Crippen molar-refractivity contribution in [2.45, 2.75) is 19.8 Å². The van der Waals surface area contributed by atoms with Crippen molar-refractivity contribution in [3.05, 3.63) is 41.7 Å². The van der Waals surface area contributed by atoms with E-state index >= 15 is 0 Å². The number of hydrazine groups is 1. The van der Waals surface area contributed by atoms with Crippen LogP contribution in [0.5, 0.6) is 11.6 Å². The third-order valence-corrected chi connectivity index (χ3v) is 2.75. The van der Waals surface area contributed by atoms with E-state index in [0.29, 0.717) is 17.4 Å². The van der Waals surface area contributed by atoms with Gasteiger partial charge in [0.15, 0.2) is 0 Å². The summed E-state index contributed by atoms with van der Waals surface area (Å²) in [6.45, 7) is 3.91. The van der Waals surface area contributed by atoms with Gasteiger partial charge in [-0.1, -0.05) is 26.0 Å². The zero-order valence-electron chi connectivity index (χ0n) is 11.8. The Morgan fingerprint density at radius 1 is 1.29 bits per heavy atom. The first kappa shape index (κ1) is 14.7. The second-order valence-electron chi connectivity index (χ2n) is 4.71. The molecule has 1 aromatic carbocycles. The molecule has 0 atom stereocenters. The maximum atomic E-state index is 11.4. The van der Waals surface area contributed by atoms with Crippen LogP contribution in [-0.2, 0) is 0 Å². The number of nitrogens with one attached hydrogen (secondary N) is 1. The fraction of sp³-hybridized carbons (Fsp3) is 0.214. The smallest absolute Gasteiger partial charge is 0.252 e. The number of nitrogens with zero attached hydrogens (tertiary/aromatic N) is 2. The number of benzene rings is 1. The molecule has 0 aliphatic rings. The zero-order chi connectivity index (χ0) is 15.4. The van der Waals surface area contributed by atoms with Crippen LogP contribution in [0.25, 0.3) is 0 Å². The molecule has 0 aliphatic carbocycles. The molecule has 5 N–H and O–H groups in total. The van der Waals surface area contributed by atoms with Gasteiger partial charge in [0.1, 0.15) is 17.4 Å². The molecule has 110 valence electrons. The van der Waals surface area contributed by atoms with Gasteiger partial charge >= 0.3 is 0 Å². The number of para-hydroxylation sites is 1. The molecule has 2 rings (SSSR count). The molecule has 0 aliphatic heterocycles. The van der Waals surface area contributed by atoms with Crippen LogP contribution in [0.4, 0.5) is 5.82 Å². The number of ether oxygens (including phenoxy) is 1. The predicted molar refractivity (Wildman–Crippen MR) is 79.0 cm³/mol. The molecule has 0 fully saturated rings. The molecule has 21 heavy (non-hydrogen) atoms. The first-order valence-corrected chi connectivity index (χ1v) is 6.43. The lowest BCUT2D eigenvalue weighted by molar-refractivity contribution is 0.0998. The molecule has 0 saturated carbocycles. The van der Waals surface area contributed by atoms with Crippen LogP contribution in [0.1, 0.15) is 35.9 Å². The number of primary amides is 1. The SMILES string of the molecule is CC(C)c1nc(NN)cc(Oc2ccccc2C(N)=O)n1. The molecule has 1 heterocycles. The Morgan fingerprint density at radius 2 is 2.00 bits per heavy atom. The van der Waals surface area contributed by atoms with Crippen molar-refractivity contribution < 1.29 is 9.53 Å². The number of carbonyl (C=O) groups excluding carboxylic acids is 1. The molecule has 0 radical (unpaired) electrons. The largest absolute Gasteiger partial charge is 0.438 e. The molecule has 1 amide bonds. The minimum atomic E-state index is -0.569. The summed E-state index contributed by atoms with van der Waals surface area (Å²) in [5.41, 5.74) is 8.06. The monoisotopic (exact) mass is 287 g/mol. The highest BCUT2D eigenvalue weighted by Gasteiger charge is 2.13. The molecule has 7 nitrogen and oxygen atoms in total. The van der Waals surface area contributed by atoms with Gasteiger partial charge in [-0.15, -0.1) is 0 Å². The average Bonchev–Trinajstić information content (AvgIpc) is 2.47. The highest BCUT2D eigenvalue weighted by atomic mass is 16.5.